The summed E-state index contributed by atoms with van der Waals surface area (Å²) in [5.74, 6) is 0.868. The summed E-state index contributed by atoms with van der Waals surface area (Å²) >= 11 is 0. The van der Waals surface area contributed by atoms with Crippen LogP contribution < -0.4 is 5.73 Å². The van der Waals surface area contributed by atoms with Gasteiger partial charge in [-0.2, -0.15) is 4.98 Å². The van der Waals surface area contributed by atoms with Gasteiger partial charge in [0, 0.05) is 18.7 Å². The third-order valence-electron chi connectivity index (χ3n) is 3.00. The van der Waals surface area contributed by atoms with Gasteiger partial charge < -0.3 is 15.0 Å². The zero-order valence-electron chi connectivity index (χ0n) is 11.0. The van der Waals surface area contributed by atoms with Gasteiger partial charge in [0.25, 0.3) is 5.89 Å². The Morgan fingerprint density at radius 2 is 2.15 bits per heavy atom. The Labute approximate surface area is 115 Å². The molecule has 6 heteroatoms. The first-order valence-electron chi connectivity index (χ1n) is 6.22. The average molecular weight is 270 g/mol. The fourth-order valence-electron chi connectivity index (χ4n) is 2.03. The Morgan fingerprint density at radius 3 is 3.00 bits per heavy atom. The minimum absolute atomic E-state index is 0.343. The fraction of sp³-hybridized carbons (Fsp3) is 0.214. The molecule has 2 N–H and O–H groups in total. The van der Waals surface area contributed by atoms with Crippen LogP contribution in [0, 0.1) is 0 Å². The number of ether oxygens (including phenoxy) is 1. The predicted octanol–water partition coefficient (Wildman–Crippen LogP) is 1.93. The van der Waals surface area contributed by atoms with Gasteiger partial charge in [0.15, 0.2) is 5.82 Å². The van der Waals surface area contributed by atoms with Crippen molar-refractivity contribution < 1.29 is 9.26 Å². The summed E-state index contributed by atoms with van der Waals surface area (Å²) in [6.45, 7) is 0.343. The van der Waals surface area contributed by atoms with Crippen LogP contribution in [0.3, 0.4) is 0 Å². The van der Waals surface area contributed by atoms with Crippen molar-refractivity contribution in [1.82, 2.24) is 15.1 Å². The van der Waals surface area contributed by atoms with Crippen molar-refractivity contribution in [2.75, 3.05) is 13.7 Å². The number of pyridine rings is 1. The molecule has 0 amide bonds. The Hall–Kier alpha value is -2.31. The quantitative estimate of drug-likeness (QED) is 0.779. The third-order valence-corrected chi connectivity index (χ3v) is 3.00. The van der Waals surface area contributed by atoms with E-state index < -0.39 is 6.04 Å². The van der Waals surface area contributed by atoms with E-state index in [0.717, 1.165) is 16.5 Å². The highest BCUT2D eigenvalue weighted by molar-refractivity contribution is 5.91. The van der Waals surface area contributed by atoms with E-state index in [4.69, 9.17) is 15.0 Å². The standard InChI is InChI=1S/C14H14N4O2/c1-19-8-11(15)13-17-14(20-18-13)10-6-7-16-12-5-3-2-4-9(10)12/h2-7,11H,8,15H2,1H3. The third kappa shape index (κ3) is 2.26. The van der Waals surface area contributed by atoms with Crippen LogP contribution in [0.4, 0.5) is 0 Å². The topological polar surface area (TPSA) is 87.1 Å². The molecule has 0 radical (unpaired) electrons. The number of nitrogens with zero attached hydrogens (tertiary/aromatic N) is 3. The van der Waals surface area contributed by atoms with Gasteiger partial charge in [-0.25, -0.2) is 0 Å². The Bertz CT molecular complexity index is 721. The highest BCUT2D eigenvalue weighted by Crippen LogP contribution is 2.26. The molecule has 3 rings (SSSR count). The molecule has 0 spiro atoms. The van der Waals surface area contributed by atoms with Gasteiger partial charge in [0.2, 0.25) is 0 Å². The summed E-state index contributed by atoms with van der Waals surface area (Å²) in [5, 5.41) is 4.87. The molecule has 6 nitrogen and oxygen atoms in total. The lowest BCUT2D eigenvalue weighted by Gasteiger charge is -2.03. The molecular formula is C14H14N4O2. The van der Waals surface area contributed by atoms with E-state index in [1.54, 1.807) is 13.3 Å². The van der Waals surface area contributed by atoms with Crippen molar-refractivity contribution in [1.29, 1.82) is 0 Å². The van der Waals surface area contributed by atoms with Gasteiger partial charge in [0.05, 0.1) is 23.7 Å². The second-order valence-corrected chi connectivity index (χ2v) is 4.40. The number of aromatic nitrogens is 3. The van der Waals surface area contributed by atoms with Crippen molar-refractivity contribution >= 4 is 10.9 Å². The number of para-hydroxylation sites is 1. The van der Waals surface area contributed by atoms with E-state index in [2.05, 4.69) is 15.1 Å². The van der Waals surface area contributed by atoms with Gasteiger partial charge in [-0.1, -0.05) is 23.4 Å². The van der Waals surface area contributed by atoms with Crippen LogP contribution in [-0.4, -0.2) is 28.8 Å². The molecule has 20 heavy (non-hydrogen) atoms. The minimum atomic E-state index is -0.398. The van der Waals surface area contributed by atoms with Crippen LogP contribution in [0.2, 0.25) is 0 Å². The summed E-state index contributed by atoms with van der Waals surface area (Å²) in [4.78, 5) is 8.64. The molecule has 1 atom stereocenters. The van der Waals surface area contributed by atoms with Gasteiger partial charge in [-0.05, 0) is 12.1 Å². The average Bonchev–Trinajstić information content (AvgIpc) is 2.97. The Kier molecular flexibility index (Phi) is 3.41. The lowest BCUT2D eigenvalue weighted by molar-refractivity contribution is 0.177. The summed E-state index contributed by atoms with van der Waals surface area (Å²) < 4.78 is 10.3. The molecule has 3 aromatic rings. The van der Waals surface area contributed by atoms with Crippen LogP contribution >= 0.6 is 0 Å². The molecule has 0 aliphatic carbocycles. The van der Waals surface area contributed by atoms with Crippen LogP contribution in [0.1, 0.15) is 11.9 Å². The van der Waals surface area contributed by atoms with Crippen LogP contribution in [0.15, 0.2) is 41.1 Å². The minimum Gasteiger partial charge on any atom is -0.383 e. The van der Waals surface area contributed by atoms with Gasteiger partial charge in [-0.3, -0.25) is 4.98 Å². The molecule has 1 unspecified atom stereocenters. The zero-order chi connectivity index (χ0) is 13.9. The molecule has 2 heterocycles. The van der Waals surface area contributed by atoms with Crippen LogP contribution in [0.5, 0.6) is 0 Å². The number of rotatable bonds is 4. The van der Waals surface area contributed by atoms with Crippen molar-refractivity contribution in [3.05, 3.63) is 42.4 Å². The molecule has 0 aliphatic heterocycles. The molecule has 2 aromatic heterocycles. The first kappa shape index (κ1) is 12.7. The summed E-state index contributed by atoms with van der Waals surface area (Å²) in [5.41, 5.74) is 7.61. The van der Waals surface area contributed by atoms with E-state index >= 15 is 0 Å². The predicted molar refractivity (Wildman–Crippen MR) is 73.8 cm³/mol. The summed E-state index contributed by atoms with van der Waals surface area (Å²) in [6.07, 6.45) is 1.72. The van der Waals surface area contributed by atoms with Crippen molar-refractivity contribution in [2.45, 2.75) is 6.04 Å². The first-order valence-corrected chi connectivity index (χ1v) is 6.22. The molecule has 0 fully saturated rings. The summed E-state index contributed by atoms with van der Waals surface area (Å²) in [6, 6.07) is 9.24. The van der Waals surface area contributed by atoms with Crippen LogP contribution in [0.25, 0.3) is 22.4 Å². The van der Waals surface area contributed by atoms with Gasteiger partial charge in [0.1, 0.15) is 0 Å². The molecule has 0 saturated carbocycles. The molecule has 102 valence electrons. The van der Waals surface area contributed by atoms with E-state index in [9.17, 15) is 0 Å². The van der Waals surface area contributed by atoms with E-state index in [1.807, 2.05) is 30.3 Å². The second-order valence-electron chi connectivity index (χ2n) is 4.40. The Morgan fingerprint density at radius 1 is 1.30 bits per heavy atom. The normalized spacial score (nSPS) is 12.7. The molecule has 0 saturated heterocycles. The second kappa shape index (κ2) is 5.36. The summed E-state index contributed by atoms with van der Waals surface area (Å²) in [7, 11) is 1.58. The maximum absolute atomic E-state index is 5.89. The smallest absolute Gasteiger partial charge is 0.258 e. The Balaban J connectivity index is 2.03. The lowest BCUT2D eigenvalue weighted by atomic mass is 10.1. The number of hydrogen-bond acceptors (Lipinski definition) is 6. The first-order chi connectivity index (χ1) is 9.79. The van der Waals surface area contributed by atoms with Crippen molar-refractivity contribution in [3.8, 4) is 11.5 Å². The molecule has 0 bridgehead atoms. The number of hydrogen-bond donors (Lipinski definition) is 1. The van der Waals surface area contributed by atoms with E-state index in [-0.39, 0.29) is 0 Å². The lowest BCUT2D eigenvalue weighted by Crippen LogP contribution is -2.17. The maximum Gasteiger partial charge on any atom is 0.258 e. The van der Waals surface area contributed by atoms with Gasteiger partial charge in [-0.15, -0.1) is 0 Å². The van der Waals surface area contributed by atoms with Gasteiger partial charge >= 0.3 is 0 Å². The monoisotopic (exact) mass is 270 g/mol. The molecule has 1 aromatic carbocycles. The maximum atomic E-state index is 5.89. The number of fused-ring (bicyclic) bond motifs is 1. The highest BCUT2D eigenvalue weighted by atomic mass is 16.5. The number of nitrogens with two attached hydrogens (primary N) is 1. The highest BCUT2D eigenvalue weighted by Gasteiger charge is 2.16. The largest absolute Gasteiger partial charge is 0.383 e. The zero-order valence-corrected chi connectivity index (χ0v) is 11.0. The molecule has 0 aliphatic rings. The van der Waals surface area contributed by atoms with E-state index in [1.165, 1.54) is 0 Å². The SMILES string of the molecule is COCC(N)c1noc(-c2ccnc3ccccc23)n1. The van der Waals surface area contributed by atoms with Crippen molar-refractivity contribution in [2.24, 2.45) is 5.73 Å². The van der Waals surface area contributed by atoms with Crippen molar-refractivity contribution in [3.63, 3.8) is 0 Å². The number of methoxy groups -OCH3 is 1. The van der Waals surface area contributed by atoms with Crippen LogP contribution in [-0.2, 0) is 4.74 Å². The molecular weight excluding hydrogens is 256 g/mol. The number of benzene rings is 1. The fourth-order valence-corrected chi connectivity index (χ4v) is 2.03. The van der Waals surface area contributed by atoms with E-state index in [0.29, 0.717) is 18.3 Å².